The maximum Gasteiger partial charge on any atom is 0.310 e. The van der Waals surface area contributed by atoms with E-state index in [1.54, 1.807) is 0 Å². The molecule has 2 fully saturated rings. The number of hydrogen-bond acceptors (Lipinski definition) is 3. The summed E-state index contributed by atoms with van der Waals surface area (Å²) in [6, 6.07) is 0. The number of sulfone groups is 1. The van der Waals surface area contributed by atoms with Crippen LogP contribution in [0.2, 0.25) is 0 Å². The van der Waals surface area contributed by atoms with E-state index in [1.807, 2.05) is 0 Å². The highest BCUT2D eigenvalue weighted by Gasteiger charge is 2.68. The van der Waals surface area contributed by atoms with Gasteiger partial charge in [0, 0.05) is 0 Å². The lowest BCUT2D eigenvalue weighted by Crippen LogP contribution is -2.20. The van der Waals surface area contributed by atoms with Gasteiger partial charge in [-0.3, -0.25) is 4.79 Å². The maximum atomic E-state index is 10.9. The van der Waals surface area contributed by atoms with Crippen LogP contribution in [0.5, 0.6) is 0 Å². The number of hydrogen-bond donors (Lipinski definition) is 1. The van der Waals surface area contributed by atoms with E-state index >= 15 is 0 Å². The molecule has 0 unspecified atom stereocenters. The van der Waals surface area contributed by atoms with Crippen LogP contribution in [0.3, 0.4) is 0 Å². The van der Waals surface area contributed by atoms with Crippen LogP contribution in [0.4, 0.5) is 0 Å². The van der Waals surface area contributed by atoms with Crippen molar-refractivity contribution in [3.8, 4) is 0 Å². The van der Waals surface area contributed by atoms with Crippen LogP contribution in [0, 0.1) is 11.3 Å². The summed E-state index contributed by atoms with van der Waals surface area (Å²) in [5, 5.41) is 8.68. The van der Waals surface area contributed by atoms with Gasteiger partial charge in [-0.05, 0) is 12.3 Å². The summed E-state index contributed by atoms with van der Waals surface area (Å²) in [5.41, 5.74) is -0.876. The highest BCUT2D eigenvalue weighted by Crippen LogP contribution is 2.58. The SMILES string of the molecule is O=C(O)[C@]12C[C@H]1CS(=O)(=O)C2. The van der Waals surface area contributed by atoms with Gasteiger partial charge in [0.15, 0.2) is 9.84 Å². The third kappa shape index (κ3) is 0.803. The fourth-order valence-corrected chi connectivity index (χ4v) is 4.29. The van der Waals surface area contributed by atoms with E-state index in [-0.39, 0.29) is 17.4 Å². The third-order valence-electron chi connectivity index (χ3n) is 2.59. The van der Waals surface area contributed by atoms with E-state index in [1.165, 1.54) is 0 Å². The average Bonchev–Trinajstić information content (AvgIpc) is 2.35. The second kappa shape index (κ2) is 1.60. The van der Waals surface area contributed by atoms with E-state index < -0.39 is 21.2 Å². The zero-order valence-electron chi connectivity index (χ0n) is 5.78. The van der Waals surface area contributed by atoms with Crippen molar-refractivity contribution in [2.45, 2.75) is 6.42 Å². The number of aliphatic carboxylic acids is 1. The Morgan fingerprint density at radius 1 is 1.55 bits per heavy atom. The molecule has 0 aromatic heterocycles. The van der Waals surface area contributed by atoms with Crippen molar-refractivity contribution in [2.75, 3.05) is 11.5 Å². The fourth-order valence-electron chi connectivity index (χ4n) is 1.86. The van der Waals surface area contributed by atoms with Crippen LogP contribution in [-0.4, -0.2) is 31.0 Å². The molecular weight excluding hydrogens is 168 g/mol. The standard InChI is InChI=1S/C6H8O4S/c7-5(8)6-1-4(6)2-11(9,10)3-6/h4H,1-3H2,(H,7,8)/t4-,6-/m0/s1. The Kier molecular flexibility index (Phi) is 1.03. The quantitative estimate of drug-likeness (QED) is 0.585. The number of carboxylic acids is 1. The lowest BCUT2D eigenvalue weighted by molar-refractivity contribution is -0.142. The van der Waals surface area contributed by atoms with Gasteiger partial charge in [0.05, 0.1) is 16.9 Å². The van der Waals surface area contributed by atoms with E-state index in [2.05, 4.69) is 0 Å². The molecule has 11 heavy (non-hydrogen) atoms. The Bertz CT molecular complexity index is 317. The Morgan fingerprint density at radius 3 is 2.45 bits per heavy atom. The molecule has 4 nitrogen and oxygen atoms in total. The summed E-state index contributed by atoms with van der Waals surface area (Å²) in [6.45, 7) is 0. The summed E-state index contributed by atoms with van der Waals surface area (Å²) >= 11 is 0. The Balaban J connectivity index is 2.32. The van der Waals surface area contributed by atoms with Gasteiger partial charge < -0.3 is 5.11 Å². The molecule has 2 aliphatic rings. The van der Waals surface area contributed by atoms with Crippen molar-refractivity contribution in [1.29, 1.82) is 0 Å². The Hall–Kier alpha value is -0.580. The van der Waals surface area contributed by atoms with Crippen molar-refractivity contribution in [1.82, 2.24) is 0 Å². The number of fused-ring (bicyclic) bond motifs is 1. The van der Waals surface area contributed by atoms with Crippen LogP contribution in [-0.2, 0) is 14.6 Å². The normalized spacial score (nSPS) is 44.9. The molecule has 2 rings (SSSR count). The second-order valence-electron chi connectivity index (χ2n) is 3.42. The molecule has 2 atom stereocenters. The minimum absolute atomic E-state index is 0.0826. The largest absolute Gasteiger partial charge is 0.481 e. The summed E-state index contributed by atoms with van der Waals surface area (Å²) < 4.78 is 21.8. The molecule has 5 heteroatoms. The van der Waals surface area contributed by atoms with Crippen LogP contribution in [0.15, 0.2) is 0 Å². The third-order valence-corrected chi connectivity index (χ3v) is 4.46. The fraction of sp³-hybridized carbons (Fsp3) is 0.833. The van der Waals surface area contributed by atoms with Gasteiger partial charge in [-0.15, -0.1) is 0 Å². The molecule has 1 aliphatic heterocycles. The summed E-state index contributed by atoms with van der Waals surface area (Å²) in [5.74, 6) is -1.09. The molecule has 0 radical (unpaired) electrons. The predicted molar refractivity (Wildman–Crippen MR) is 36.8 cm³/mol. The zero-order valence-corrected chi connectivity index (χ0v) is 6.60. The molecule has 0 aromatic carbocycles. The highest BCUT2D eigenvalue weighted by atomic mass is 32.2. The van der Waals surface area contributed by atoms with Crippen molar-refractivity contribution >= 4 is 15.8 Å². The molecular formula is C6H8O4S. The highest BCUT2D eigenvalue weighted by molar-refractivity contribution is 7.91. The lowest BCUT2D eigenvalue weighted by Gasteiger charge is -2.01. The van der Waals surface area contributed by atoms with Gasteiger partial charge in [-0.1, -0.05) is 0 Å². The molecule has 1 saturated heterocycles. The second-order valence-corrected chi connectivity index (χ2v) is 5.53. The molecule has 62 valence electrons. The first kappa shape index (κ1) is 7.09. The number of carboxylic acid groups (broad SMARTS) is 1. The van der Waals surface area contributed by atoms with E-state index in [9.17, 15) is 13.2 Å². The number of carbonyl (C=O) groups is 1. The molecule has 0 spiro atoms. The summed E-state index contributed by atoms with van der Waals surface area (Å²) in [4.78, 5) is 10.6. The van der Waals surface area contributed by atoms with Gasteiger partial charge in [0.25, 0.3) is 0 Å². The number of rotatable bonds is 1. The van der Waals surface area contributed by atoms with E-state index in [4.69, 9.17) is 5.11 Å². The predicted octanol–water partition coefficient (Wildman–Crippen LogP) is -0.494. The van der Waals surface area contributed by atoms with Crippen molar-refractivity contribution < 1.29 is 18.3 Å². The molecule has 1 aliphatic carbocycles. The Labute approximate surface area is 64.1 Å². The first-order chi connectivity index (χ1) is 4.96. The van der Waals surface area contributed by atoms with Crippen molar-refractivity contribution in [3.05, 3.63) is 0 Å². The first-order valence-electron chi connectivity index (χ1n) is 3.40. The van der Waals surface area contributed by atoms with Gasteiger partial charge in [0.1, 0.15) is 0 Å². The van der Waals surface area contributed by atoms with E-state index in [0.717, 1.165) is 0 Å². The Morgan fingerprint density at radius 2 is 2.18 bits per heavy atom. The van der Waals surface area contributed by atoms with E-state index in [0.29, 0.717) is 6.42 Å². The minimum Gasteiger partial charge on any atom is -0.481 e. The van der Waals surface area contributed by atoms with Gasteiger partial charge in [0.2, 0.25) is 0 Å². The molecule has 1 saturated carbocycles. The summed E-state index contributed by atoms with van der Waals surface area (Å²) in [7, 11) is -3.03. The van der Waals surface area contributed by atoms with Crippen LogP contribution < -0.4 is 0 Å². The molecule has 0 amide bonds. The van der Waals surface area contributed by atoms with Crippen LogP contribution in [0.25, 0.3) is 0 Å². The molecule has 0 bridgehead atoms. The van der Waals surface area contributed by atoms with Crippen molar-refractivity contribution in [2.24, 2.45) is 11.3 Å². The van der Waals surface area contributed by atoms with Gasteiger partial charge >= 0.3 is 5.97 Å². The van der Waals surface area contributed by atoms with Crippen molar-refractivity contribution in [3.63, 3.8) is 0 Å². The smallest absolute Gasteiger partial charge is 0.310 e. The minimum atomic E-state index is -3.03. The molecule has 1 heterocycles. The zero-order chi connectivity index (χ0) is 8.28. The molecule has 0 aromatic rings. The monoisotopic (exact) mass is 176 g/mol. The van der Waals surface area contributed by atoms with Gasteiger partial charge in [-0.2, -0.15) is 0 Å². The van der Waals surface area contributed by atoms with Gasteiger partial charge in [-0.25, -0.2) is 8.42 Å². The first-order valence-corrected chi connectivity index (χ1v) is 5.22. The van der Waals surface area contributed by atoms with Crippen LogP contribution in [0.1, 0.15) is 6.42 Å². The maximum absolute atomic E-state index is 10.9. The topological polar surface area (TPSA) is 71.4 Å². The molecule has 1 N–H and O–H groups in total. The van der Waals surface area contributed by atoms with Crippen LogP contribution >= 0.6 is 0 Å². The lowest BCUT2D eigenvalue weighted by atomic mass is 10.1. The summed E-state index contributed by atoms with van der Waals surface area (Å²) in [6.07, 6.45) is 0.557. The average molecular weight is 176 g/mol.